The van der Waals surface area contributed by atoms with E-state index in [-0.39, 0.29) is 34.0 Å². The zero-order valence-electron chi connectivity index (χ0n) is 16.8. The predicted octanol–water partition coefficient (Wildman–Crippen LogP) is 5.55. The number of carbonyl (C=O) groups excluding carboxylic acids is 1. The maximum atomic E-state index is 12.7. The van der Waals surface area contributed by atoms with Crippen LogP contribution in [0.4, 0.5) is 11.4 Å². The van der Waals surface area contributed by atoms with E-state index < -0.39 is 4.92 Å². The van der Waals surface area contributed by atoms with Crippen LogP contribution in [-0.2, 0) is 4.79 Å². The molecule has 7 nitrogen and oxygen atoms in total. The normalized spacial score (nSPS) is 14.0. The molecule has 1 heterocycles. The van der Waals surface area contributed by atoms with Crippen LogP contribution in [0, 0.1) is 24.0 Å². The molecule has 2 aromatic rings. The second-order valence-corrected chi connectivity index (χ2v) is 8.58. The largest absolute Gasteiger partial charge is 0.481 e. The molecule has 1 aliphatic heterocycles. The molecule has 0 unspecified atom stereocenters. The number of halogens is 4. The van der Waals surface area contributed by atoms with E-state index in [2.05, 4.69) is 0 Å². The first kappa shape index (κ1) is 23.7. The summed E-state index contributed by atoms with van der Waals surface area (Å²) in [4.78, 5) is 27.0. The number of hydrogen-bond donors (Lipinski definition) is 0. The van der Waals surface area contributed by atoms with Crippen LogP contribution in [-0.4, -0.2) is 48.5 Å². The molecule has 11 heteroatoms. The molecular formula is C20H19Cl4N3O4. The maximum Gasteiger partial charge on any atom is 0.294 e. The number of benzene rings is 2. The number of ether oxygens (including phenoxy) is 1. The highest BCUT2D eigenvalue weighted by Crippen LogP contribution is 2.42. The van der Waals surface area contributed by atoms with E-state index in [1.165, 1.54) is 12.1 Å². The van der Waals surface area contributed by atoms with E-state index in [0.717, 1.165) is 0 Å². The summed E-state index contributed by atoms with van der Waals surface area (Å²) in [6, 6.07) is 4.56. The van der Waals surface area contributed by atoms with Crippen LogP contribution in [0.2, 0.25) is 20.1 Å². The first-order chi connectivity index (χ1) is 14.6. The Labute approximate surface area is 199 Å². The first-order valence-corrected chi connectivity index (χ1v) is 10.9. The van der Waals surface area contributed by atoms with Crippen LogP contribution in [0.25, 0.3) is 0 Å². The lowest BCUT2D eigenvalue weighted by Crippen LogP contribution is -2.50. The summed E-state index contributed by atoms with van der Waals surface area (Å²) in [5.41, 5.74) is 1.56. The van der Waals surface area contributed by atoms with Gasteiger partial charge in [0.1, 0.15) is 5.69 Å². The van der Waals surface area contributed by atoms with Gasteiger partial charge in [-0.15, -0.1) is 0 Å². The predicted molar refractivity (Wildman–Crippen MR) is 123 cm³/mol. The number of hydrogen-bond acceptors (Lipinski definition) is 5. The molecule has 1 saturated heterocycles. The van der Waals surface area contributed by atoms with Gasteiger partial charge in [0.05, 0.1) is 20.0 Å². The van der Waals surface area contributed by atoms with Crippen LogP contribution in [0.1, 0.15) is 11.1 Å². The van der Waals surface area contributed by atoms with Crippen LogP contribution >= 0.6 is 46.4 Å². The Morgan fingerprint density at radius 2 is 1.61 bits per heavy atom. The van der Waals surface area contributed by atoms with Gasteiger partial charge in [-0.25, -0.2) is 0 Å². The molecule has 0 radical (unpaired) electrons. The molecule has 1 aliphatic rings. The molecule has 0 spiro atoms. The molecule has 1 fully saturated rings. The number of para-hydroxylation sites is 1. The van der Waals surface area contributed by atoms with Crippen molar-refractivity contribution in [2.45, 2.75) is 13.8 Å². The number of nitro groups is 1. The third kappa shape index (κ3) is 4.80. The minimum absolute atomic E-state index is 0.0617. The molecule has 0 aliphatic carbocycles. The average Bonchev–Trinajstić information content (AvgIpc) is 2.76. The Kier molecular flexibility index (Phi) is 7.42. The van der Waals surface area contributed by atoms with Crippen molar-refractivity contribution in [2.24, 2.45) is 0 Å². The summed E-state index contributed by atoms with van der Waals surface area (Å²) in [6.07, 6.45) is 0. The summed E-state index contributed by atoms with van der Waals surface area (Å²) in [5, 5.41) is 12.6. The van der Waals surface area contributed by atoms with Gasteiger partial charge in [-0.1, -0.05) is 52.5 Å². The van der Waals surface area contributed by atoms with E-state index in [4.69, 9.17) is 51.1 Å². The average molecular weight is 507 g/mol. The van der Waals surface area contributed by atoms with Crippen molar-refractivity contribution in [1.82, 2.24) is 4.90 Å². The summed E-state index contributed by atoms with van der Waals surface area (Å²) in [6.45, 7) is 4.78. The number of carbonyl (C=O) groups is 1. The fourth-order valence-corrected chi connectivity index (χ4v) is 4.52. The molecule has 0 aromatic heterocycles. The molecule has 0 atom stereocenters. The minimum atomic E-state index is -0.462. The molecule has 1 amide bonds. The zero-order valence-corrected chi connectivity index (χ0v) is 19.8. The van der Waals surface area contributed by atoms with E-state index >= 15 is 0 Å². The van der Waals surface area contributed by atoms with E-state index in [0.29, 0.717) is 53.0 Å². The van der Waals surface area contributed by atoms with Crippen molar-refractivity contribution in [2.75, 3.05) is 37.7 Å². The van der Waals surface area contributed by atoms with Gasteiger partial charge in [0.15, 0.2) is 12.4 Å². The zero-order chi connectivity index (χ0) is 22.9. The number of amides is 1. The van der Waals surface area contributed by atoms with Crippen LogP contribution in [0.3, 0.4) is 0 Å². The summed E-state index contributed by atoms with van der Waals surface area (Å²) < 4.78 is 5.64. The monoisotopic (exact) mass is 505 g/mol. The summed E-state index contributed by atoms with van der Waals surface area (Å²) in [7, 11) is 0. The van der Waals surface area contributed by atoms with E-state index in [1.54, 1.807) is 24.8 Å². The van der Waals surface area contributed by atoms with Gasteiger partial charge in [-0.3, -0.25) is 14.9 Å². The van der Waals surface area contributed by atoms with Crippen molar-refractivity contribution in [3.05, 3.63) is 59.5 Å². The molecule has 166 valence electrons. The van der Waals surface area contributed by atoms with Crippen molar-refractivity contribution in [1.29, 1.82) is 0 Å². The summed E-state index contributed by atoms with van der Waals surface area (Å²) >= 11 is 25.0. The number of rotatable bonds is 5. The molecule has 0 saturated carbocycles. The quantitative estimate of drug-likeness (QED) is 0.392. The van der Waals surface area contributed by atoms with Gasteiger partial charge in [-0.05, 0) is 31.0 Å². The Morgan fingerprint density at radius 3 is 2.16 bits per heavy atom. The lowest BCUT2D eigenvalue weighted by atomic mass is 10.1. The number of anilines is 1. The Bertz CT molecular complexity index is 1010. The van der Waals surface area contributed by atoms with Gasteiger partial charge in [0.2, 0.25) is 0 Å². The Morgan fingerprint density at radius 1 is 1.03 bits per heavy atom. The molecule has 3 rings (SSSR count). The number of nitrogens with zero attached hydrogens (tertiary/aromatic N) is 3. The smallest absolute Gasteiger partial charge is 0.294 e. The second-order valence-electron chi connectivity index (χ2n) is 7.04. The van der Waals surface area contributed by atoms with Crippen molar-refractivity contribution >= 4 is 63.7 Å². The Hall–Kier alpha value is -1.93. The first-order valence-electron chi connectivity index (χ1n) is 9.35. The molecule has 31 heavy (non-hydrogen) atoms. The van der Waals surface area contributed by atoms with Crippen molar-refractivity contribution in [3.63, 3.8) is 0 Å². The third-order valence-corrected chi connectivity index (χ3v) is 6.95. The Balaban J connectivity index is 1.66. The SMILES string of the molecule is Cc1c(Cl)c(C)c(Cl)c(OCC(=O)N2CCN(c3c(Cl)cccc3[N+](=O)[O-])CC2)c1Cl. The fraction of sp³-hybridized carbons (Fsp3) is 0.350. The van der Waals surface area contributed by atoms with E-state index in [1.807, 2.05) is 4.90 Å². The van der Waals surface area contributed by atoms with E-state index in [9.17, 15) is 14.9 Å². The van der Waals surface area contributed by atoms with Crippen LogP contribution in [0.15, 0.2) is 18.2 Å². The summed E-state index contributed by atoms with van der Waals surface area (Å²) in [5.74, 6) is -0.0212. The molecule has 0 N–H and O–H groups in total. The molecule has 0 bridgehead atoms. The van der Waals surface area contributed by atoms with Crippen molar-refractivity contribution in [3.8, 4) is 5.75 Å². The fourth-order valence-electron chi connectivity index (χ4n) is 3.41. The number of piperazine rings is 1. The minimum Gasteiger partial charge on any atom is -0.481 e. The van der Waals surface area contributed by atoms with Gasteiger partial charge in [0, 0.05) is 37.3 Å². The maximum absolute atomic E-state index is 12.7. The molecular weight excluding hydrogens is 488 g/mol. The van der Waals surface area contributed by atoms with Crippen LogP contribution < -0.4 is 9.64 Å². The lowest BCUT2D eigenvalue weighted by molar-refractivity contribution is -0.384. The van der Waals surface area contributed by atoms with Crippen molar-refractivity contribution < 1.29 is 14.5 Å². The van der Waals surface area contributed by atoms with Crippen LogP contribution in [0.5, 0.6) is 5.75 Å². The van der Waals surface area contributed by atoms with Gasteiger partial charge < -0.3 is 14.5 Å². The highest BCUT2D eigenvalue weighted by atomic mass is 35.5. The number of nitro benzene ring substituents is 1. The van der Waals surface area contributed by atoms with Gasteiger partial charge in [-0.2, -0.15) is 0 Å². The molecule has 2 aromatic carbocycles. The van der Waals surface area contributed by atoms with Gasteiger partial charge in [0.25, 0.3) is 11.6 Å². The topological polar surface area (TPSA) is 75.9 Å². The second kappa shape index (κ2) is 9.69. The highest BCUT2D eigenvalue weighted by molar-refractivity contribution is 6.42. The third-order valence-electron chi connectivity index (χ3n) is 5.17. The standard InChI is InChI=1S/C20H19Cl4N3O4/c1-11-16(22)12(2)18(24)20(17(11)23)31-10-15(28)25-6-8-26(9-7-25)19-13(21)4-3-5-14(19)27(29)30/h3-5H,6-10H2,1-2H3. The highest BCUT2D eigenvalue weighted by Gasteiger charge is 2.28. The van der Waals surface area contributed by atoms with Gasteiger partial charge >= 0.3 is 0 Å². The lowest BCUT2D eigenvalue weighted by Gasteiger charge is -2.36.